The minimum atomic E-state index is -4.79. The number of nitrogens with one attached hydrogen (secondary N) is 1. The first-order valence-electron chi connectivity index (χ1n) is 10.1. The highest BCUT2D eigenvalue weighted by atomic mass is 19.4. The van der Waals surface area contributed by atoms with Crippen molar-refractivity contribution in [3.05, 3.63) is 69.9 Å². The minimum Gasteiger partial charge on any atom is -0.437 e. The van der Waals surface area contributed by atoms with Gasteiger partial charge in [0.1, 0.15) is 11.3 Å². The van der Waals surface area contributed by atoms with Crippen LogP contribution in [-0.4, -0.2) is 33.7 Å². The summed E-state index contributed by atoms with van der Waals surface area (Å²) in [5, 5.41) is 2.86. The van der Waals surface area contributed by atoms with E-state index in [4.69, 9.17) is 10.5 Å². The number of anilines is 2. The van der Waals surface area contributed by atoms with Crippen molar-refractivity contribution in [2.24, 2.45) is 5.73 Å². The topological polar surface area (TPSA) is 110 Å². The fourth-order valence-electron chi connectivity index (χ4n) is 3.69. The predicted octanol–water partition coefficient (Wildman–Crippen LogP) is 4.33. The number of carbonyl (C=O) groups is 2. The molecule has 0 bridgehead atoms. The predicted molar refractivity (Wildman–Crippen MR) is 117 cm³/mol. The van der Waals surface area contributed by atoms with Gasteiger partial charge in [-0.25, -0.2) is 4.98 Å². The van der Waals surface area contributed by atoms with Crippen LogP contribution >= 0.6 is 0 Å². The van der Waals surface area contributed by atoms with Gasteiger partial charge in [-0.05, 0) is 48.7 Å². The number of carbonyl (C=O) groups excluding carboxylic acids is 2. The number of halogens is 3. The zero-order valence-corrected chi connectivity index (χ0v) is 18.4. The Bertz CT molecular complexity index is 1320. The maximum Gasteiger partial charge on any atom is 0.423 e. The van der Waals surface area contributed by atoms with Crippen molar-refractivity contribution in [1.82, 2.24) is 14.9 Å². The molecule has 0 radical (unpaired) electrons. The van der Waals surface area contributed by atoms with E-state index in [0.717, 1.165) is 0 Å². The van der Waals surface area contributed by atoms with Crippen molar-refractivity contribution in [1.29, 1.82) is 0 Å². The Kier molecular flexibility index (Phi) is 5.64. The van der Waals surface area contributed by atoms with E-state index >= 15 is 0 Å². The van der Waals surface area contributed by atoms with Gasteiger partial charge in [-0.3, -0.25) is 9.59 Å². The summed E-state index contributed by atoms with van der Waals surface area (Å²) in [6, 6.07) is 7.91. The monoisotopic (exact) mass is 471 g/mol. The maximum absolute atomic E-state index is 13.7. The van der Waals surface area contributed by atoms with E-state index in [-0.39, 0.29) is 23.2 Å². The van der Waals surface area contributed by atoms with Gasteiger partial charge in [0, 0.05) is 31.0 Å². The van der Waals surface area contributed by atoms with Crippen LogP contribution in [0, 0.1) is 13.8 Å². The molecule has 0 fully saturated rings. The van der Waals surface area contributed by atoms with E-state index in [9.17, 15) is 22.8 Å². The fourth-order valence-corrected chi connectivity index (χ4v) is 3.69. The number of aromatic nitrogens is 2. The van der Waals surface area contributed by atoms with E-state index < -0.39 is 23.5 Å². The highest BCUT2D eigenvalue weighted by molar-refractivity contribution is 6.01. The van der Waals surface area contributed by atoms with E-state index in [1.165, 1.54) is 11.0 Å². The van der Waals surface area contributed by atoms with Crippen LogP contribution < -0.4 is 15.8 Å². The number of ether oxygens (including phenoxy) is 1. The van der Waals surface area contributed by atoms with Crippen LogP contribution in [0.15, 0.2) is 36.5 Å². The Morgan fingerprint density at radius 3 is 2.62 bits per heavy atom. The molecular weight excluding hydrogens is 451 g/mol. The SMILES string of the molecule is Cc1cc(C(N)=O)c(C)cc1Nc1ncc(C(F)(F)F)c(Oc2cccc3c2C(=O)N(C)C3)n1. The molecule has 3 aromatic rings. The molecule has 8 nitrogen and oxygen atoms in total. The average molecular weight is 471 g/mol. The smallest absolute Gasteiger partial charge is 0.423 e. The van der Waals surface area contributed by atoms with Crippen LogP contribution in [-0.2, 0) is 12.7 Å². The minimum absolute atomic E-state index is 0.0279. The molecule has 0 spiro atoms. The molecule has 2 amide bonds. The van der Waals surface area contributed by atoms with E-state index in [1.54, 1.807) is 45.2 Å². The molecule has 1 aliphatic heterocycles. The van der Waals surface area contributed by atoms with Gasteiger partial charge < -0.3 is 20.7 Å². The van der Waals surface area contributed by atoms with Crippen molar-refractivity contribution in [3.63, 3.8) is 0 Å². The number of amides is 2. The third kappa shape index (κ3) is 4.24. The summed E-state index contributed by atoms with van der Waals surface area (Å²) in [5.41, 5.74) is 7.00. The molecule has 1 aliphatic rings. The number of nitrogens with zero attached hydrogens (tertiary/aromatic N) is 3. The molecule has 3 N–H and O–H groups in total. The number of alkyl halides is 3. The molecule has 0 saturated heterocycles. The first-order chi connectivity index (χ1) is 16.0. The van der Waals surface area contributed by atoms with Crippen LogP contribution in [0.3, 0.4) is 0 Å². The number of rotatable bonds is 5. The first kappa shape index (κ1) is 23.0. The number of hydrogen-bond acceptors (Lipinski definition) is 6. The Morgan fingerprint density at radius 1 is 1.21 bits per heavy atom. The van der Waals surface area contributed by atoms with Crippen molar-refractivity contribution in [2.45, 2.75) is 26.6 Å². The summed E-state index contributed by atoms with van der Waals surface area (Å²) in [6.07, 6.45) is -4.18. The third-order valence-corrected chi connectivity index (χ3v) is 5.43. The second kappa shape index (κ2) is 8.32. The Labute approximate surface area is 192 Å². The fraction of sp³-hybridized carbons (Fsp3) is 0.217. The second-order valence-corrected chi connectivity index (χ2v) is 7.94. The highest BCUT2D eigenvalue weighted by Crippen LogP contribution is 2.39. The van der Waals surface area contributed by atoms with Gasteiger partial charge in [0.2, 0.25) is 17.7 Å². The summed E-state index contributed by atoms with van der Waals surface area (Å²) < 4.78 is 46.5. The molecule has 0 unspecified atom stereocenters. The summed E-state index contributed by atoms with van der Waals surface area (Å²) in [7, 11) is 1.59. The molecule has 2 aromatic carbocycles. The molecule has 0 saturated carbocycles. The van der Waals surface area contributed by atoms with Crippen molar-refractivity contribution >= 4 is 23.5 Å². The quantitative estimate of drug-likeness (QED) is 0.573. The summed E-state index contributed by atoms with van der Waals surface area (Å²) in [5.74, 6) is -1.88. The van der Waals surface area contributed by atoms with Gasteiger partial charge in [0.05, 0.1) is 5.56 Å². The lowest BCUT2D eigenvalue weighted by Crippen LogP contribution is -2.18. The van der Waals surface area contributed by atoms with Crippen LogP contribution in [0.5, 0.6) is 11.6 Å². The first-order valence-corrected chi connectivity index (χ1v) is 10.1. The van der Waals surface area contributed by atoms with E-state index in [2.05, 4.69) is 15.3 Å². The van der Waals surface area contributed by atoms with E-state index in [0.29, 0.717) is 40.7 Å². The summed E-state index contributed by atoms with van der Waals surface area (Å²) in [4.78, 5) is 33.2. The molecular formula is C23H20F3N5O3. The normalized spacial score (nSPS) is 13.1. The number of benzene rings is 2. The number of hydrogen-bond donors (Lipinski definition) is 2. The lowest BCUT2D eigenvalue weighted by atomic mass is 10.0. The molecule has 176 valence electrons. The molecule has 11 heteroatoms. The molecule has 0 atom stereocenters. The van der Waals surface area contributed by atoms with Gasteiger partial charge in [0.15, 0.2) is 0 Å². The Hall–Kier alpha value is -4.15. The van der Waals surface area contributed by atoms with Crippen molar-refractivity contribution in [3.8, 4) is 11.6 Å². The Balaban J connectivity index is 1.74. The lowest BCUT2D eigenvalue weighted by Gasteiger charge is -2.16. The number of aryl methyl sites for hydroxylation is 2. The number of nitrogens with two attached hydrogens (primary N) is 1. The molecule has 1 aromatic heterocycles. The van der Waals surface area contributed by atoms with Crippen LogP contribution in [0.25, 0.3) is 0 Å². The van der Waals surface area contributed by atoms with Crippen LogP contribution in [0.4, 0.5) is 24.8 Å². The van der Waals surface area contributed by atoms with Gasteiger partial charge in [-0.2, -0.15) is 18.2 Å². The lowest BCUT2D eigenvalue weighted by molar-refractivity contribution is -0.139. The van der Waals surface area contributed by atoms with Crippen molar-refractivity contribution in [2.75, 3.05) is 12.4 Å². The zero-order chi connectivity index (χ0) is 24.8. The number of fused-ring (bicyclic) bond motifs is 1. The van der Waals surface area contributed by atoms with Crippen molar-refractivity contribution < 1.29 is 27.5 Å². The standard InChI is InChI=1S/C23H20F3N5O3/c1-11-8-16(12(2)7-14(11)19(27)32)29-22-28-9-15(23(24,25)26)20(30-22)34-17-6-4-5-13-10-31(3)21(33)18(13)17/h4-9H,10H2,1-3H3,(H2,27,32)(H,28,29,30). The molecule has 4 rings (SSSR count). The van der Waals surface area contributed by atoms with Gasteiger partial charge >= 0.3 is 6.18 Å². The molecule has 34 heavy (non-hydrogen) atoms. The van der Waals surface area contributed by atoms with Crippen LogP contribution in [0.2, 0.25) is 0 Å². The van der Waals surface area contributed by atoms with Gasteiger partial charge in [0.25, 0.3) is 5.91 Å². The summed E-state index contributed by atoms with van der Waals surface area (Å²) in [6.45, 7) is 3.70. The molecule has 2 heterocycles. The van der Waals surface area contributed by atoms with E-state index in [1.807, 2.05) is 0 Å². The largest absolute Gasteiger partial charge is 0.437 e. The second-order valence-electron chi connectivity index (χ2n) is 7.94. The maximum atomic E-state index is 13.7. The van der Waals surface area contributed by atoms with Gasteiger partial charge in [-0.1, -0.05) is 12.1 Å². The zero-order valence-electron chi connectivity index (χ0n) is 18.4. The number of primary amides is 1. The molecule has 0 aliphatic carbocycles. The Morgan fingerprint density at radius 2 is 1.94 bits per heavy atom. The third-order valence-electron chi connectivity index (χ3n) is 5.43. The van der Waals surface area contributed by atoms with Gasteiger partial charge in [-0.15, -0.1) is 0 Å². The summed E-state index contributed by atoms with van der Waals surface area (Å²) >= 11 is 0. The van der Waals surface area contributed by atoms with Crippen LogP contribution in [0.1, 0.15) is 43.0 Å². The average Bonchev–Trinajstić information content (AvgIpc) is 3.04. The highest BCUT2D eigenvalue weighted by Gasteiger charge is 2.37.